The van der Waals surface area contributed by atoms with Crippen LogP contribution >= 0.6 is 0 Å². The van der Waals surface area contributed by atoms with Gasteiger partial charge in [0.25, 0.3) is 0 Å². The summed E-state index contributed by atoms with van der Waals surface area (Å²) in [7, 11) is 0. The summed E-state index contributed by atoms with van der Waals surface area (Å²) in [5, 5.41) is 18.4. The van der Waals surface area contributed by atoms with Gasteiger partial charge in [0.2, 0.25) is 0 Å². The Labute approximate surface area is 111 Å². The van der Waals surface area contributed by atoms with Crippen molar-refractivity contribution in [2.75, 3.05) is 11.4 Å². The van der Waals surface area contributed by atoms with Gasteiger partial charge in [0.05, 0.1) is 5.69 Å². The average molecular weight is 262 g/mol. The number of anilines is 1. The third-order valence-corrected chi connectivity index (χ3v) is 3.60. The lowest BCUT2D eigenvalue weighted by atomic mass is 9.90. The van der Waals surface area contributed by atoms with Gasteiger partial charge < -0.3 is 10.0 Å². The normalized spacial score (nSPS) is 22.9. The van der Waals surface area contributed by atoms with E-state index in [0.717, 1.165) is 12.8 Å². The molecule has 2 unspecified atom stereocenters. The summed E-state index contributed by atoms with van der Waals surface area (Å²) in [6, 6.07) is 5.44. The molecule has 1 aromatic carbocycles. The van der Waals surface area contributed by atoms with Crippen LogP contribution in [0.1, 0.15) is 25.3 Å². The van der Waals surface area contributed by atoms with Gasteiger partial charge in [-0.1, -0.05) is 13.0 Å². The van der Waals surface area contributed by atoms with Crippen molar-refractivity contribution in [2.24, 2.45) is 5.92 Å². The number of halogens is 1. The largest absolute Gasteiger partial charge is 0.480 e. The number of rotatable bonds is 2. The molecule has 100 valence electrons. The fraction of sp³-hybridized carbons (Fsp3) is 0.429. The number of hydrogen-bond acceptors (Lipinski definition) is 3. The summed E-state index contributed by atoms with van der Waals surface area (Å²) < 4.78 is 13.6. The summed E-state index contributed by atoms with van der Waals surface area (Å²) in [6.07, 6.45) is 1.66. The third kappa shape index (κ3) is 2.39. The minimum atomic E-state index is -0.930. The summed E-state index contributed by atoms with van der Waals surface area (Å²) in [5.41, 5.74) is 0.296. The Kier molecular flexibility index (Phi) is 3.70. The molecule has 19 heavy (non-hydrogen) atoms. The molecule has 5 heteroatoms. The number of aliphatic carboxylic acids is 1. The molecule has 2 rings (SSSR count). The van der Waals surface area contributed by atoms with Crippen LogP contribution in [0.2, 0.25) is 0 Å². The van der Waals surface area contributed by atoms with Crippen molar-refractivity contribution < 1.29 is 14.3 Å². The predicted molar refractivity (Wildman–Crippen MR) is 68.3 cm³/mol. The van der Waals surface area contributed by atoms with Crippen LogP contribution in [0.15, 0.2) is 18.2 Å². The van der Waals surface area contributed by atoms with Gasteiger partial charge in [-0.25, -0.2) is 9.18 Å². The van der Waals surface area contributed by atoms with Crippen LogP contribution in [0.3, 0.4) is 0 Å². The number of carboxylic acid groups (broad SMARTS) is 1. The Hall–Kier alpha value is -2.09. The summed E-state index contributed by atoms with van der Waals surface area (Å²) in [4.78, 5) is 13.1. The van der Waals surface area contributed by atoms with Crippen LogP contribution in [0.5, 0.6) is 0 Å². The van der Waals surface area contributed by atoms with Crippen LogP contribution in [-0.2, 0) is 4.79 Å². The molecule has 1 fully saturated rings. The van der Waals surface area contributed by atoms with Gasteiger partial charge in [-0.05, 0) is 30.9 Å². The number of piperidine rings is 1. The zero-order valence-electron chi connectivity index (χ0n) is 10.6. The molecule has 0 saturated carbocycles. The molecule has 0 radical (unpaired) electrons. The standard InChI is InChI=1S/C14H15FN2O2/c1-9-4-3-7-17(13(9)14(18)19)12-6-2-5-11(15)10(12)8-16/h2,5-6,9,13H,3-4,7H2,1H3,(H,18,19). The first kappa shape index (κ1) is 13.3. The van der Waals surface area contributed by atoms with Crippen LogP contribution in [0.4, 0.5) is 10.1 Å². The SMILES string of the molecule is CC1CCCN(c2cccc(F)c2C#N)C1C(=O)O. The van der Waals surface area contributed by atoms with Crippen LogP contribution in [-0.4, -0.2) is 23.7 Å². The Bertz CT molecular complexity index is 539. The number of carbonyl (C=O) groups is 1. The Morgan fingerprint density at radius 2 is 2.32 bits per heavy atom. The summed E-state index contributed by atoms with van der Waals surface area (Å²) in [5.74, 6) is -1.57. The first-order chi connectivity index (χ1) is 9.06. The molecule has 1 heterocycles. The number of benzene rings is 1. The van der Waals surface area contributed by atoms with Crippen LogP contribution in [0.25, 0.3) is 0 Å². The van der Waals surface area contributed by atoms with Crippen molar-refractivity contribution in [3.63, 3.8) is 0 Å². The molecule has 1 aromatic rings. The van der Waals surface area contributed by atoms with E-state index in [2.05, 4.69) is 0 Å². The fourth-order valence-corrected chi connectivity index (χ4v) is 2.70. The predicted octanol–water partition coefficient (Wildman–Crippen LogP) is 2.39. The van der Waals surface area contributed by atoms with Gasteiger partial charge in [-0.3, -0.25) is 0 Å². The quantitative estimate of drug-likeness (QED) is 0.888. The van der Waals surface area contributed by atoms with E-state index < -0.39 is 17.8 Å². The van der Waals surface area contributed by atoms with E-state index in [-0.39, 0.29) is 11.5 Å². The Morgan fingerprint density at radius 1 is 1.58 bits per heavy atom. The van der Waals surface area contributed by atoms with Crippen molar-refractivity contribution >= 4 is 11.7 Å². The van der Waals surface area contributed by atoms with Crippen molar-refractivity contribution in [3.8, 4) is 6.07 Å². The smallest absolute Gasteiger partial charge is 0.326 e. The van der Waals surface area contributed by atoms with E-state index in [0.29, 0.717) is 12.2 Å². The highest BCUT2D eigenvalue weighted by Crippen LogP contribution is 2.31. The second kappa shape index (κ2) is 5.27. The molecule has 1 saturated heterocycles. The monoisotopic (exact) mass is 262 g/mol. The highest BCUT2D eigenvalue weighted by Gasteiger charge is 2.35. The number of nitrogens with zero attached hydrogens (tertiary/aromatic N) is 2. The maximum absolute atomic E-state index is 13.6. The van der Waals surface area contributed by atoms with Gasteiger partial charge >= 0.3 is 5.97 Å². The molecule has 1 aliphatic rings. The van der Waals surface area contributed by atoms with E-state index in [1.165, 1.54) is 12.1 Å². The molecular weight excluding hydrogens is 247 g/mol. The van der Waals surface area contributed by atoms with Gasteiger partial charge in [-0.2, -0.15) is 5.26 Å². The topological polar surface area (TPSA) is 64.3 Å². The Balaban J connectivity index is 2.47. The summed E-state index contributed by atoms with van der Waals surface area (Å²) in [6.45, 7) is 2.40. The molecule has 2 atom stereocenters. The zero-order chi connectivity index (χ0) is 14.0. The van der Waals surface area contributed by atoms with Gasteiger partial charge in [-0.15, -0.1) is 0 Å². The lowest BCUT2D eigenvalue weighted by Crippen LogP contribution is -2.49. The molecule has 1 N–H and O–H groups in total. The zero-order valence-corrected chi connectivity index (χ0v) is 10.6. The molecule has 4 nitrogen and oxygen atoms in total. The lowest BCUT2D eigenvalue weighted by Gasteiger charge is -2.39. The second-order valence-corrected chi connectivity index (χ2v) is 4.84. The van der Waals surface area contributed by atoms with E-state index in [9.17, 15) is 14.3 Å². The molecule has 0 spiro atoms. The van der Waals surface area contributed by atoms with Crippen molar-refractivity contribution in [3.05, 3.63) is 29.6 Å². The molecule has 0 aromatic heterocycles. The fourth-order valence-electron chi connectivity index (χ4n) is 2.70. The summed E-state index contributed by atoms with van der Waals surface area (Å²) >= 11 is 0. The van der Waals surface area contributed by atoms with Crippen molar-refractivity contribution in [1.29, 1.82) is 5.26 Å². The highest BCUT2D eigenvalue weighted by molar-refractivity contribution is 5.80. The number of carboxylic acids is 1. The molecule has 0 amide bonds. The third-order valence-electron chi connectivity index (χ3n) is 3.60. The van der Waals surface area contributed by atoms with Crippen LogP contribution in [0, 0.1) is 23.1 Å². The van der Waals surface area contributed by atoms with E-state index in [4.69, 9.17) is 5.26 Å². The minimum absolute atomic E-state index is 0.0268. The number of hydrogen-bond donors (Lipinski definition) is 1. The first-order valence-electron chi connectivity index (χ1n) is 6.24. The average Bonchev–Trinajstić information content (AvgIpc) is 2.37. The van der Waals surface area contributed by atoms with Crippen molar-refractivity contribution in [2.45, 2.75) is 25.8 Å². The van der Waals surface area contributed by atoms with Crippen LogP contribution < -0.4 is 4.90 Å². The minimum Gasteiger partial charge on any atom is -0.480 e. The van der Waals surface area contributed by atoms with Crippen molar-refractivity contribution in [1.82, 2.24) is 0 Å². The van der Waals surface area contributed by atoms with Gasteiger partial charge in [0.15, 0.2) is 0 Å². The van der Waals surface area contributed by atoms with Gasteiger partial charge in [0.1, 0.15) is 23.5 Å². The molecular formula is C14H15FN2O2. The number of nitriles is 1. The maximum atomic E-state index is 13.6. The Morgan fingerprint density at radius 3 is 2.95 bits per heavy atom. The molecule has 1 aliphatic heterocycles. The lowest BCUT2D eigenvalue weighted by molar-refractivity contribution is -0.140. The highest BCUT2D eigenvalue weighted by atomic mass is 19.1. The second-order valence-electron chi connectivity index (χ2n) is 4.84. The maximum Gasteiger partial charge on any atom is 0.326 e. The van der Waals surface area contributed by atoms with E-state index >= 15 is 0 Å². The first-order valence-corrected chi connectivity index (χ1v) is 6.24. The van der Waals surface area contributed by atoms with E-state index in [1.807, 2.05) is 13.0 Å². The van der Waals surface area contributed by atoms with E-state index in [1.54, 1.807) is 11.0 Å². The van der Waals surface area contributed by atoms with Gasteiger partial charge in [0, 0.05) is 6.54 Å². The molecule has 0 aliphatic carbocycles. The molecule has 0 bridgehead atoms.